The highest BCUT2D eigenvalue weighted by atomic mass is 16.5. The lowest BCUT2D eigenvalue weighted by Gasteiger charge is -2.23. The van der Waals surface area contributed by atoms with Crippen molar-refractivity contribution in [3.05, 3.63) is 0 Å². The van der Waals surface area contributed by atoms with Gasteiger partial charge in [-0.1, -0.05) is 0 Å². The van der Waals surface area contributed by atoms with Gasteiger partial charge in [-0.05, 0) is 19.5 Å². The predicted octanol–water partition coefficient (Wildman–Crippen LogP) is -1.36. The molecular weight excluding hydrogens is 184 g/mol. The molecule has 0 aromatic carbocycles. The van der Waals surface area contributed by atoms with Gasteiger partial charge in [0, 0.05) is 20.2 Å². The van der Waals surface area contributed by atoms with Crippen LogP contribution in [0.15, 0.2) is 0 Å². The maximum atomic E-state index is 9.26. The molecule has 0 saturated carbocycles. The van der Waals surface area contributed by atoms with Crippen molar-refractivity contribution >= 4 is 0 Å². The average Bonchev–Trinajstić information content (AvgIpc) is 2.21. The Morgan fingerprint density at radius 1 is 1.43 bits per heavy atom. The van der Waals surface area contributed by atoms with Gasteiger partial charge in [0.05, 0.1) is 19.3 Å². The molecule has 0 aromatic rings. The van der Waals surface area contributed by atoms with Gasteiger partial charge in [0.25, 0.3) is 0 Å². The van der Waals surface area contributed by atoms with Crippen molar-refractivity contribution in [2.75, 3.05) is 46.5 Å². The SMILES string of the molecule is COCCN(CCCN)CC(O)CO. The maximum Gasteiger partial charge on any atom is 0.0897 e. The Hall–Kier alpha value is -0.200. The van der Waals surface area contributed by atoms with Crippen LogP contribution in [0.25, 0.3) is 0 Å². The Morgan fingerprint density at radius 3 is 2.64 bits per heavy atom. The van der Waals surface area contributed by atoms with E-state index in [0.717, 1.165) is 19.5 Å². The van der Waals surface area contributed by atoms with Crippen molar-refractivity contribution in [3.63, 3.8) is 0 Å². The van der Waals surface area contributed by atoms with Gasteiger partial charge in [-0.2, -0.15) is 0 Å². The standard InChI is InChI=1S/C9H22N2O3/c1-14-6-5-11(4-2-3-10)7-9(13)8-12/h9,12-13H,2-8,10H2,1H3. The highest BCUT2D eigenvalue weighted by Crippen LogP contribution is 1.94. The number of nitrogens with zero attached hydrogens (tertiary/aromatic N) is 1. The fourth-order valence-electron chi connectivity index (χ4n) is 1.19. The number of nitrogens with two attached hydrogens (primary N) is 1. The van der Waals surface area contributed by atoms with E-state index in [2.05, 4.69) is 0 Å². The molecule has 0 rings (SSSR count). The van der Waals surface area contributed by atoms with Gasteiger partial charge in [-0.25, -0.2) is 0 Å². The number of hydrogen-bond donors (Lipinski definition) is 3. The molecule has 0 amide bonds. The van der Waals surface area contributed by atoms with Crippen molar-refractivity contribution in [2.24, 2.45) is 5.73 Å². The monoisotopic (exact) mass is 206 g/mol. The summed E-state index contributed by atoms with van der Waals surface area (Å²) in [6, 6.07) is 0. The van der Waals surface area contributed by atoms with E-state index in [1.807, 2.05) is 4.90 Å². The summed E-state index contributed by atoms with van der Waals surface area (Å²) in [5, 5.41) is 18.0. The first kappa shape index (κ1) is 13.8. The highest BCUT2D eigenvalue weighted by Gasteiger charge is 2.09. The minimum Gasteiger partial charge on any atom is -0.394 e. The van der Waals surface area contributed by atoms with Crippen molar-refractivity contribution in [1.29, 1.82) is 0 Å². The first-order valence-electron chi connectivity index (χ1n) is 4.94. The van der Waals surface area contributed by atoms with Gasteiger partial charge in [-0.3, -0.25) is 4.90 Å². The smallest absolute Gasteiger partial charge is 0.0897 e. The molecule has 0 spiro atoms. The molecule has 0 saturated heterocycles. The summed E-state index contributed by atoms with van der Waals surface area (Å²) in [5.41, 5.74) is 5.40. The van der Waals surface area contributed by atoms with Crippen LogP contribution in [-0.4, -0.2) is 67.7 Å². The number of ether oxygens (including phenoxy) is 1. The number of aliphatic hydroxyl groups excluding tert-OH is 2. The van der Waals surface area contributed by atoms with Crippen LogP contribution in [-0.2, 0) is 4.74 Å². The Bertz CT molecular complexity index is 117. The zero-order chi connectivity index (χ0) is 10.8. The molecule has 0 bridgehead atoms. The zero-order valence-corrected chi connectivity index (χ0v) is 8.85. The van der Waals surface area contributed by atoms with Crippen LogP contribution in [0.3, 0.4) is 0 Å². The molecule has 1 atom stereocenters. The van der Waals surface area contributed by atoms with Crippen molar-refractivity contribution in [3.8, 4) is 0 Å². The molecule has 0 fully saturated rings. The van der Waals surface area contributed by atoms with Crippen LogP contribution in [0, 0.1) is 0 Å². The molecule has 5 nitrogen and oxygen atoms in total. The van der Waals surface area contributed by atoms with Gasteiger partial charge < -0.3 is 20.7 Å². The highest BCUT2D eigenvalue weighted by molar-refractivity contribution is 4.64. The van der Waals surface area contributed by atoms with E-state index < -0.39 is 6.10 Å². The van der Waals surface area contributed by atoms with E-state index in [-0.39, 0.29) is 6.61 Å². The number of hydrogen-bond acceptors (Lipinski definition) is 5. The first-order chi connectivity index (χ1) is 6.74. The minimum absolute atomic E-state index is 0.202. The molecule has 0 aliphatic carbocycles. The second-order valence-corrected chi connectivity index (χ2v) is 3.27. The average molecular weight is 206 g/mol. The van der Waals surface area contributed by atoms with E-state index in [0.29, 0.717) is 19.7 Å². The third-order valence-electron chi connectivity index (χ3n) is 1.97. The van der Waals surface area contributed by atoms with E-state index in [1.54, 1.807) is 7.11 Å². The molecule has 86 valence electrons. The van der Waals surface area contributed by atoms with Gasteiger partial charge in [0.2, 0.25) is 0 Å². The Balaban J connectivity index is 3.71. The summed E-state index contributed by atoms with van der Waals surface area (Å²) >= 11 is 0. The fourth-order valence-corrected chi connectivity index (χ4v) is 1.19. The van der Waals surface area contributed by atoms with E-state index in [9.17, 15) is 5.11 Å². The summed E-state index contributed by atoms with van der Waals surface area (Å²) in [7, 11) is 1.64. The van der Waals surface area contributed by atoms with Crippen molar-refractivity contribution < 1.29 is 14.9 Å². The van der Waals surface area contributed by atoms with E-state index in [4.69, 9.17) is 15.6 Å². The van der Waals surface area contributed by atoms with E-state index in [1.165, 1.54) is 0 Å². The lowest BCUT2D eigenvalue weighted by atomic mass is 10.3. The van der Waals surface area contributed by atoms with Crippen LogP contribution in [0.4, 0.5) is 0 Å². The predicted molar refractivity (Wildman–Crippen MR) is 55.1 cm³/mol. The molecule has 0 aromatic heterocycles. The van der Waals surface area contributed by atoms with Crippen LogP contribution in [0.2, 0.25) is 0 Å². The Morgan fingerprint density at radius 2 is 2.14 bits per heavy atom. The number of aliphatic hydroxyl groups is 2. The number of rotatable bonds is 9. The summed E-state index contributed by atoms with van der Waals surface area (Å²) in [5.74, 6) is 0. The van der Waals surface area contributed by atoms with Crippen molar-refractivity contribution in [1.82, 2.24) is 4.90 Å². The van der Waals surface area contributed by atoms with Crippen LogP contribution in [0.1, 0.15) is 6.42 Å². The summed E-state index contributed by atoms with van der Waals surface area (Å²) < 4.78 is 4.95. The first-order valence-corrected chi connectivity index (χ1v) is 4.94. The van der Waals surface area contributed by atoms with Gasteiger partial charge in [-0.15, -0.1) is 0 Å². The summed E-state index contributed by atoms with van der Waals surface area (Å²) in [4.78, 5) is 2.04. The van der Waals surface area contributed by atoms with Crippen LogP contribution in [0.5, 0.6) is 0 Å². The normalized spacial score (nSPS) is 13.5. The van der Waals surface area contributed by atoms with Gasteiger partial charge >= 0.3 is 0 Å². The van der Waals surface area contributed by atoms with Gasteiger partial charge in [0.1, 0.15) is 0 Å². The quantitative estimate of drug-likeness (QED) is 0.434. The topological polar surface area (TPSA) is 79.0 Å². The Labute approximate surface area is 85.5 Å². The Kier molecular flexibility index (Phi) is 9.23. The second-order valence-electron chi connectivity index (χ2n) is 3.27. The third kappa shape index (κ3) is 7.23. The lowest BCUT2D eigenvalue weighted by molar-refractivity contribution is 0.0495. The van der Waals surface area contributed by atoms with Gasteiger partial charge in [0.15, 0.2) is 0 Å². The second kappa shape index (κ2) is 9.36. The molecule has 0 aliphatic heterocycles. The third-order valence-corrected chi connectivity index (χ3v) is 1.97. The summed E-state index contributed by atoms with van der Waals surface area (Å²) in [6.45, 7) is 3.12. The molecular formula is C9H22N2O3. The molecule has 4 N–H and O–H groups in total. The minimum atomic E-state index is -0.676. The van der Waals surface area contributed by atoms with E-state index >= 15 is 0 Å². The summed E-state index contributed by atoms with van der Waals surface area (Å²) in [6.07, 6.45) is 0.214. The van der Waals surface area contributed by atoms with Crippen LogP contribution >= 0.6 is 0 Å². The molecule has 0 heterocycles. The van der Waals surface area contributed by atoms with Crippen molar-refractivity contribution in [2.45, 2.75) is 12.5 Å². The molecule has 14 heavy (non-hydrogen) atoms. The maximum absolute atomic E-state index is 9.26. The molecule has 1 unspecified atom stereocenters. The lowest BCUT2D eigenvalue weighted by Crippen LogP contribution is -2.37. The molecule has 5 heteroatoms. The number of methoxy groups -OCH3 is 1. The van der Waals surface area contributed by atoms with Crippen LogP contribution < -0.4 is 5.73 Å². The fraction of sp³-hybridized carbons (Fsp3) is 1.00. The largest absolute Gasteiger partial charge is 0.394 e. The zero-order valence-electron chi connectivity index (χ0n) is 8.85. The molecule has 0 aliphatic rings. The molecule has 0 radical (unpaired) electrons.